The van der Waals surface area contributed by atoms with Gasteiger partial charge in [-0.05, 0) is 24.3 Å². The van der Waals surface area contributed by atoms with Crippen molar-refractivity contribution >= 4 is 11.8 Å². The lowest BCUT2D eigenvalue weighted by Crippen LogP contribution is -2.33. The molecule has 1 aliphatic heterocycles. The number of carbonyl (C=O) groups excluding carboxylic acids is 2. The summed E-state index contributed by atoms with van der Waals surface area (Å²) in [5, 5.41) is 0. The van der Waals surface area contributed by atoms with E-state index in [9.17, 15) is 9.59 Å². The van der Waals surface area contributed by atoms with Crippen molar-refractivity contribution in [2.75, 3.05) is 20.3 Å². The second-order valence-electron chi connectivity index (χ2n) is 4.67. The number of imide groups is 1. The normalized spacial score (nSPS) is 13.2. The van der Waals surface area contributed by atoms with E-state index in [0.29, 0.717) is 22.8 Å². The predicted octanol–water partition coefficient (Wildman–Crippen LogP) is 1.77. The Hall–Kier alpha value is -2.89. The summed E-state index contributed by atoms with van der Waals surface area (Å²) in [4.78, 5) is 29.6. The maximum Gasteiger partial charge on any atom is 0.261 e. The fourth-order valence-corrected chi connectivity index (χ4v) is 2.32. The molecule has 1 aliphatic rings. The Labute approximate surface area is 127 Å². The molecule has 0 spiro atoms. The van der Waals surface area contributed by atoms with Crippen molar-refractivity contribution in [2.45, 2.75) is 0 Å². The van der Waals surface area contributed by atoms with Gasteiger partial charge >= 0.3 is 0 Å². The van der Waals surface area contributed by atoms with Crippen LogP contribution in [0, 0.1) is 0 Å². The Morgan fingerprint density at radius 3 is 2.36 bits per heavy atom. The van der Waals surface area contributed by atoms with E-state index >= 15 is 0 Å². The molecule has 0 saturated heterocycles. The molecule has 0 aliphatic carbocycles. The molecule has 6 nitrogen and oxygen atoms in total. The van der Waals surface area contributed by atoms with Crippen LogP contribution in [0.1, 0.15) is 20.7 Å². The zero-order valence-corrected chi connectivity index (χ0v) is 12.0. The number of aromatic nitrogens is 1. The summed E-state index contributed by atoms with van der Waals surface area (Å²) in [7, 11) is 1.52. The molecular formula is C16H14N2O4. The molecule has 112 valence electrons. The van der Waals surface area contributed by atoms with Gasteiger partial charge in [0.15, 0.2) is 5.75 Å². The lowest BCUT2D eigenvalue weighted by Gasteiger charge is -2.14. The van der Waals surface area contributed by atoms with Crippen LogP contribution in [0.25, 0.3) is 0 Å². The number of pyridine rings is 1. The summed E-state index contributed by atoms with van der Waals surface area (Å²) in [5.41, 5.74) is 0.867. The Morgan fingerprint density at radius 1 is 1.05 bits per heavy atom. The number of benzene rings is 1. The van der Waals surface area contributed by atoms with Crippen LogP contribution in [0.15, 0.2) is 42.6 Å². The van der Waals surface area contributed by atoms with Crippen LogP contribution in [0.5, 0.6) is 11.6 Å². The highest BCUT2D eigenvalue weighted by atomic mass is 16.5. The van der Waals surface area contributed by atoms with Crippen molar-refractivity contribution in [3.8, 4) is 11.6 Å². The van der Waals surface area contributed by atoms with Crippen molar-refractivity contribution < 1.29 is 19.1 Å². The SMILES string of the molecule is COc1cccnc1OCCN1C(=O)c2ccccc2C1=O. The number of hydrogen-bond donors (Lipinski definition) is 0. The second kappa shape index (κ2) is 5.85. The quantitative estimate of drug-likeness (QED) is 0.787. The van der Waals surface area contributed by atoms with Crippen LogP contribution < -0.4 is 9.47 Å². The van der Waals surface area contributed by atoms with Crippen LogP contribution in [-0.4, -0.2) is 42.0 Å². The fourth-order valence-electron chi connectivity index (χ4n) is 2.32. The van der Waals surface area contributed by atoms with Gasteiger partial charge in [-0.1, -0.05) is 12.1 Å². The van der Waals surface area contributed by atoms with Crippen molar-refractivity contribution in [2.24, 2.45) is 0 Å². The molecule has 0 atom stereocenters. The first-order chi connectivity index (χ1) is 10.7. The van der Waals surface area contributed by atoms with Gasteiger partial charge in [0.1, 0.15) is 6.61 Å². The van der Waals surface area contributed by atoms with Gasteiger partial charge in [0.2, 0.25) is 0 Å². The molecule has 2 amide bonds. The van der Waals surface area contributed by atoms with E-state index in [1.165, 1.54) is 12.0 Å². The van der Waals surface area contributed by atoms with E-state index in [0.717, 1.165) is 0 Å². The summed E-state index contributed by atoms with van der Waals surface area (Å²) in [6, 6.07) is 10.2. The van der Waals surface area contributed by atoms with Gasteiger partial charge in [0.25, 0.3) is 17.7 Å². The number of fused-ring (bicyclic) bond motifs is 1. The highest BCUT2D eigenvalue weighted by molar-refractivity contribution is 6.21. The number of rotatable bonds is 5. The number of amides is 2. The third kappa shape index (κ3) is 2.39. The van der Waals surface area contributed by atoms with Gasteiger partial charge in [0.05, 0.1) is 24.8 Å². The van der Waals surface area contributed by atoms with Gasteiger partial charge in [-0.25, -0.2) is 4.98 Å². The monoisotopic (exact) mass is 298 g/mol. The van der Waals surface area contributed by atoms with E-state index in [2.05, 4.69) is 4.98 Å². The molecule has 3 rings (SSSR count). The fraction of sp³-hybridized carbons (Fsp3) is 0.188. The first-order valence-electron chi connectivity index (χ1n) is 6.79. The Bertz CT molecular complexity index is 695. The third-order valence-corrected chi connectivity index (χ3v) is 3.39. The minimum Gasteiger partial charge on any atom is -0.491 e. The number of carbonyl (C=O) groups is 2. The highest BCUT2D eigenvalue weighted by Crippen LogP contribution is 2.24. The maximum atomic E-state index is 12.2. The van der Waals surface area contributed by atoms with Crippen LogP contribution in [0.2, 0.25) is 0 Å². The number of methoxy groups -OCH3 is 1. The lowest BCUT2D eigenvalue weighted by molar-refractivity contribution is 0.0629. The first-order valence-corrected chi connectivity index (χ1v) is 6.79. The van der Waals surface area contributed by atoms with Gasteiger partial charge in [-0.2, -0.15) is 0 Å². The zero-order chi connectivity index (χ0) is 15.5. The number of ether oxygens (including phenoxy) is 2. The summed E-state index contributed by atoms with van der Waals surface area (Å²) >= 11 is 0. The first kappa shape index (κ1) is 14.1. The minimum absolute atomic E-state index is 0.152. The molecule has 0 radical (unpaired) electrons. The molecule has 0 fully saturated rings. The van der Waals surface area contributed by atoms with Crippen molar-refractivity contribution in [1.29, 1.82) is 0 Å². The summed E-state index contributed by atoms with van der Waals surface area (Å²) in [5.74, 6) is 0.251. The average Bonchev–Trinajstić information content (AvgIpc) is 2.80. The largest absolute Gasteiger partial charge is 0.491 e. The third-order valence-electron chi connectivity index (χ3n) is 3.39. The molecule has 6 heteroatoms. The van der Waals surface area contributed by atoms with Gasteiger partial charge < -0.3 is 9.47 Å². The zero-order valence-electron chi connectivity index (χ0n) is 12.0. The van der Waals surface area contributed by atoms with E-state index in [1.807, 2.05) is 0 Å². The lowest BCUT2D eigenvalue weighted by atomic mass is 10.1. The van der Waals surface area contributed by atoms with Crippen LogP contribution in [0.4, 0.5) is 0 Å². The van der Waals surface area contributed by atoms with Gasteiger partial charge in [0, 0.05) is 6.20 Å². The standard InChI is InChI=1S/C16H14N2O4/c1-21-13-7-4-8-17-14(13)22-10-9-18-15(19)11-5-2-3-6-12(11)16(18)20/h2-8H,9-10H2,1H3. The van der Waals surface area contributed by atoms with Crippen molar-refractivity contribution in [1.82, 2.24) is 9.88 Å². The predicted molar refractivity (Wildman–Crippen MR) is 78.1 cm³/mol. The van der Waals surface area contributed by atoms with Gasteiger partial charge in [-0.3, -0.25) is 14.5 Å². The van der Waals surface area contributed by atoms with Crippen LogP contribution in [0.3, 0.4) is 0 Å². The molecule has 0 bridgehead atoms. The maximum absolute atomic E-state index is 12.2. The molecule has 2 heterocycles. The molecule has 0 saturated carbocycles. The highest BCUT2D eigenvalue weighted by Gasteiger charge is 2.34. The molecule has 1 aromatic carbocycles. The molecule has 0 N–H and O–H groups in total. The Morgan fingerprint density at radius 2 is 1.73 bits per heavy atom. The molecule has 0 unspecified atom stereocenters. The Kier molecular flexibility index (Phi) is 3.74. The van der Waals surface area contributed by atoms with Crippen molar-refractivity contribution in [3.05, 3.63) is 53.7 Å². The van der Waals surface area contributed by atoms with Crippen LogP contribution in [-0.2, 0) is 0 Å². The smallest absolute Gasteiger partial charge is 0.261 e. The average molecular weight is 298 g/mol. The molecule has 2 aromatic rings. The van der Waals surface area contributed by atoms with E-state index in [1.54, 1.807) is 42.6 Å². The van der Waals surface area contributed by atoms with E-state index in [-0.39, 0.29) is 25.0 Å². The van der Waals surface area contributed by atoms with Crippen LogP contribution >= 0.6 is 0 Å². The summed E-state index contributed by atoms with van der Waals surface area (Å²) in [6.07, 6.45) is 1.58. The van der Waals surface area contributed by atoms with E-state index < -0.39 is 0 Å². The number of hydrogen-bond acceptors (Lipinski definition) is 5. The van der Waals surface area contributed by atoms with Gasteiger partial charge in [-0.15, -0.1) is 0 Å². The second-order valence-corrected chi connectivity index (χ2v) is 4.67. The van der Waals surface area contributed by atoms with Crippen molar-refractivity contribution in [3.63, 3.8) is 0 Å². The Balaban J connectivity index is 1.66. The minimum atomic E-state index is -0.294. The summed E-state index contributed by atoms with van der Waals surface area (Å²) in [6.45, 7) is 0.310. The van der Waals surface area contributed by atoms with E-state index in [4.69, 9.17) is 9.47 Å². The molecular weight excluding hydrogens is 284 g/mol. The molecule has 1 aromatic heterocycles. The number of nitrogens with zero attached hydrogens (tertiary/aromatic N) is 2. The summed E-state index contributed by atoms with van der Waals surface area (Å²) < 4.78 is 10.6. The topological polar surface area (TPSA) is 68.7 Å². The molecule has 22 heavy (non-hydrogen) atoms.